The van der Waals surface area contributed by atoms with Gasteiger partial charge in [0.25, 0.3) is 10.0 Å². The maximum Gasteiger partial charge on any atom is 0.264 e. The fourth-order valence-electron chi connectivity index (χ4n) is 1.48. The second-order valence-electron chi connectivity index (χ2n) is 3.78. The molecule has 0 amide bonds. The fourth-order valence-corrected chi connectivity index (χ4v) is 3.11. The summed E-state index contributed by atoms with van der Waals surface area (Å²) in [6.07, 6.45) is 0. The Morgan fingerprint density at radius 3 is 2.53 bits per heavy atom. The van der Waals surface area contributed by atoms with Crippen LogP contribution in [0.15, 0.2) is 51.8 Å². The van der Waals surface area contributed by atoms with Gasteiger partial charge in [-0.25, -0.2) is 12.8 Å². The molecule has 4 nitrogen and oxygen atoms in total. The summed E-state index contributed by atoms with van der Waals surface area (Å²) in [7, 11) is -3.99. The van der Waals surface area contributed by atoms with Crippen LogP contribution >= 0.6 is 15.9 Å². The first kappa shape index (κ1) is 13.8. The van der Waals surface area contributed by atoms with Gasteiger partial charge in [-0.1, -0.05) is 12.1 Å². The van der Waals surface area contributed by atoms with Crippen LogP contribution in [0.2, 0.25) is 0 Å². The molecule has 0 aliphatic heterocycles. The lowest BCUT2D eigenvalue weighted by molar-refractivity contribution is 0.570. The summed E-state index contributed by atoms with van der Waals surface area (Å²) in [5, 5.41) is 0. The molecule has 0 unspecified atom stereocenters. The van der Waals surface area contributed by atoms with Crippen molar-refractivity contribution in [3.05, 3.63) is 52.8 Å². The first-order valence-corrected chi connectivity index (χ1v) is 7.50. The van der Waals surface area contributed by atoms with Gasteiger partial charge in [0.2, 0.25) is 0 Å². The van der Waals surface area contributed by atoms with Gasteiger partial charge in [-0.05, 0) is 46.3 Å². The first-order valence-electron chi connectivity index (χ1n) is 5.22. The molecule has 2 rings (SSSR count). The van der Waals surface area contributed by atoms with Crippen LogP contribution in [0, 0.1) is 5.82 Å². The zero-order valence-corrected chi connectivity index (χ0v) is 12.0. The third kappa shape index (κ3) is 3.05. The largest absolute Gasteiger partial charge is 0.399 e. The van der Waals surface area contributed by atoms with Gasteiger partial charge >= 0.3 is 0 Å². The van der Waals surface area contributed by atoms with E-state index < -0.39 is 20.7 Å². The van der Waals surface area contributed by atoms with Gasteiger partial charge in [0.1, 0.15) is 10.7 Å². The molecular formula is C12H10BrFN2O2S. The lowest BCUT2D eigenvalue weighted by Gasteiger charge is -2.10. The Balaban J connectivity index is 2.43. The molecule has 0 saturated heterocycles. The van der Waals surface area contributed by atoms with Crippen LogP contribution < -0.4 is 10.5 Å². The van der Waals surface area contributed by atoms with Crippen molar-refractivity contribution in [2.24, 2.45) is 0 Å². The zero-order chi connectivity index (χ0) is 14.0. The lowest BCUT2D eigenvalue weighted by Crippen LogP contribution is -2.15. The first-order chi connectivity index (χ1) is 8.90. The van der Waals surface area contributed by atoms with Gasteiger partial charge in [0.15, 0.2) is 0 Å². The summed E-state index contributed by atoms with van der Waals surface area (Å²) < 4.78 is 40.5. The van der Waals surface area contributed by atoms with Gasteiger partial charge in [-0.3, -0.25) is 4.72 Å². The number of hydrogen-bond donors (Lipinski definition) is 2. The minimum Gasteiger partial charge on any atom is -0.399 e. The number of hydrogen-bond acceptors (Lipinski definition) is 3. The number of nitrogen functional groups attached to an aromatic ring is 1. The average molecular weight is 345 g/mol. The van der Waals surface area contributed by atoms with Gasteiger partial charge < -0.3 is 5.73 Å². The Morgan fingerprint density at radius 1 is 1.16 bits per heavy atom. The van der Waals surface area contributed by atoms with Gasteiger partial charge in [-0.2, -0.15) is 0 Å². The van der Waals surface area contributed by atoms with E-state index in [0.29, 0.717) is 10.2 Å². The minimum atomic E-state index is -3.99. The number of halogens is 2. The standard InChI is InChI=1S/C12H10BrFN2O2S/c13-9-6-5-8(15)7-11(9)16-19(17,18)12-4-2-1-3-10(12)14/h1-7,16H,15H2. The summed E-state index contributed by atoms with van der Waals surface area (Å²) in [6.45, 7) is 0. The van der Waals surface area contributed by atoms with Crippen LogP contribution in [0.4, 0.5) is 15.8 Å². The molecular weight excluding hydrogens is 335 g/mol. The van der Waals surface area contributed by atoms with Crippen LogP contribution in [0.3, 0.4) is 0 Å². The van der Waals surface area contributed by atoms with Crippen molar-refractivity contribution in [1.29, 1.82) is 0 Å². The van der Waals surface area contributed by atoms with Crippen LogP contribution in [0.25, 0.3) is 0 Å². The van der Waals surface area contributed by atoms with E-state index in [0.717, 1.165) is 6.07 Å². The summed E-state index contributed by atoms with van der Waals surface area (Å²) >= 11 is 3.20. The van der Waals surface area contributed by atoms with Crippen molar-refractivity contribution in [1.82, 2.24) is 0 Å². The molecule has 0 bridgehead atoms. The predicted molar refractivity (Wildman–Crippen MR) is 75.8 cm³/mol. The summed E-state index contributed by atoms with van der Waals surface area (Å²) in [5.41, 5.74) is 6.24. The number of rotatable bonds is 3. The highest BCUT2D eigenvalue weighted by Crippen LogP contribution is 2.27. The number of nitrogens with one attached hydrogen (secondary N) is 1. The highest BCUT2D eigenvalue weighted by Gasteiger charge is 2.19. The van der Waals surface area contributed by atoms with Crippen molar-refractivity contribution in [3.63, 3.8) is 0 Å². The van der Waals surface area contributed by atoms with Crippen LogP contribution in [0.5, 0.6) is 0 Å². The molecule has 0 saturated carbocycles. The van der Waals surface area contributed by atoms with E-state index in [1.807, 2.05) is 0 Å². The summed E-state index contributed by atoms with van der Waals surface area (Å²) in [4.78, 5) is -0.413. The normalized spacial score (nSPS) is 11.3. The van der Waals surface area contributed by atoms with Crippen molar-refractivity contribution in [2.75, 3.05) is 10.5 Å². The Morgan fingerprint density at radius 2 is 1.84 bits per heavy atom. The molecule has 0 fully saturated rings. The van der Waals surface area contributed by atoms with Gasteiger partial charge in [-0.15, -0.1) is 0 Å². The Kier molecular flexibility index (Phi) is 3.77. The third-order valence-corrected chi connectivity index (χ3v) is 4.45. The molecule has 0 heterocycles. The Hall–Kier alpha value is -1.60. The molecule has 19 heavy (non-hydrogen) atoms. The van der Waals surface area contributed by atoms with E-state index >= 15 is 0 Å². The average Bonchev–Trinajstić information content (AvgIpc) is 2.34. The van der Waals surface area contributed by atoms with Crippen molar-refractivity contribution < 1.29 is 12.8 Å². The highest BCUT2D eigenvalue weighted by atomic mass is 79.9. The van der Waals surface area contributed by atoms with Crippen LogP contribution in [-0.4, -0.2) is 8.42 Å². The van der Waals surface area contributed by atoms with Gasteiger partial charge in [0, 0.05) is 10.2 Å². The molecule has 100 valence electrons. The predicted octanol–water partition coefficient (Wildman–Crippen LogP) is 2.97. The van der Waals surface area contributed by atoms with Crippen molar-refractivity contribution >= 4 is 37.3 Å². The van der Waals surface area contributed by atoms with E-state index in [-0.39, 0.29) is 5.69 Å². The molecule has 0 atom stereocenters. The number of anilines is 2. The molecule has 0 aliphatic carbocycles. The second kappa shape index (κ2) is 5.18. The maximum atomic E-state index is 13.5. The topological polar surface area (TPSA) is 72.2 Å². The van der Waals surface area contributed by atoms with E-state index in [1.165, 1.54) is 24.3 Å². The quantitative estimate of drug-likeness (QED) is 0.840. The van der Waals surface area contributed by atoms with Crippen molar-refractivity contribution in [2.45, 2.75) is 4.90 Å². The molecule has 7 heteroatoms. The van der Waals surface area contributed by atoms with E-state index in [4.69, 9.17) is 5.73 Å². The number of benzene rings is 2. The number of nitrogens with two attached hydrogens (primary N) is 1. The van der Waals surface area contributed by atoms with E-state index in [9.17, 15) is 12.8 Å². The van der Waals surface area contributed by atoms with Crippen LogP contribution in [-0.2, 0) is 10.0 Å². The van der Waals surface area contributed by atoms with E-state index in [2.05, 4.69) is 20.7 Å². The van der Waals surface area contributed by atoms with Gasteiger partial charge in [0.05, 0.1) is 5.69 Å². The maximum absolute atomic E-state index is 13.5. The molecule has 2 aromatic carbocycles. The zero-order valence-electron chi connectivity index (χ0n) is 9.60. The summed E-state index contributed by atoms with van der Waals surface area (Å²) in [5.74, 6) is -0.810. The number of sulfonamides is 1. The van der Waals surface area contributed by atoms with E-state index in [1.54, 1.807) is 12.1 Å². The third-order valence-electron chi connectivity index (χ3n) is 2.36. The molecule has 2 aromatic rings. The molecule has 3 N–H and O–H groups in total. The minimum absolute atomic E-state index is 0.253. The fraction of sp³-hybridized carbons (Fsp3) is 0. The Bertz CT molecular complexity index is 719. The Labute approximate surface area is 118 Å². The summed E-state index contributed by atoms with van der Waals surface area (Å²) in [6, 6.07) is 9.82. The highest BCUT2D eigenvalue weighted by molar-refractivity contribution is 9.10. The lowest BCUT2D eigenvalue weighted by atomic mass is 10.3. The SMILES string of the molecule is Nc1ccc(Br)c(NS(=O)(=O)c2ccccc2F)c1. The monoisotopic (exact) mass is 344 g/mol. The second-order valence-corrected chi connectivity index (χ2v) is 6.28. The molecule has 0 aliphatic rings. The molecule has 0 aromatic heterocycles. The molecule has 0 spiro atoms. The van der Waals surface area contributed by atoms with Crippen molar-refractivity contribution in [3.8, 4) is 0 Å². The van der Waals surface area contributed by atoms with Crippen LogP contribution in [0.1, 0.15) is 0 Å². The molecule has 0 radical (unpaired) electrons. The smallest absolute Gasteiger partial charge is 0.264 e.